The molecule has 0 atom stereocenters. The number of carbonyl (C=O) groups excluding carboxylic acids is 2. The first kappa shape index (κ1) is 23.3. The molecule has 0 aromatic heterocycles. The first-order valence-corrected chi connectivity index (χ1v) is 7.91. The zero-order valence-corrected chi connectivity index (χ0v) is 15.8. The molecule has 2 N–H and O–H groups in total. The van der Waals surface area contributed by atoms with Gasteiger partial charge < -0.3 is 30.0 Å². The Morgan fingerprint density at radius 2 is 1.23 bits per heavy atom. The molecule has 0 fully saturated rings. The molecule has 10 heteroatoms. The quantitative estimate of drug-likeness (QED) is 0.327. The summed E-state index contributed by atoms with van der Waals surface area (Å²) in [6, 6.07) is 8.59. The molecule has 0 saturated heterocycles. The number of benzene rings is 3. The Labute approximate surface area is 192 Å². The summed E-state index contributed by atoms with van der Waals surface area (Å²) in [7, 11) is 0. The van der Waals surface area contributed by atoms with Gasteiger partial charge in [-0.05, 0) is 21.9 Å². The molecule has 1 aliphatic rings. The number of carboxylic acid groups (broad SMARTS) is 4. The maximum Gasteiger partial charge on any atom is 1.00 e. The second-order valence-electron chi connectivity index (χ2n) is 6.14. The molecule has 0 unspecified atom stereocenters. The van der Waals surface area contributed by atoms with Crippen molar-refractivity contribution in [1.29, 1.82) is 0 Å². The minimum Gasteiger partial charge on any atom is -0.545 e. The van der Waals surface area contributed by atoms with E-state index in [0.717, 1.165) is 0 Å². The van der Waals surface area contributed by atoms with Gasteiger partial charge >= 0.3 is 49.7 Å². The van der Waals surface area contributed by atoms with Crippen LogP contribution >= 0.6 is 0 Å². The fraction of sp³-hybridized carbons (Fsp3) is 0. The first-order valence-electron chi connectivity index (χ1n) is 7.91. The van der Waals surface area contributed by atoms with Crippen LogP contribution in [-0.2, 0) is 0 Å². The molecule has 0 amide bonds. The van der Waals surface area contributed by atoms with E-state index in [-0.39, 0.29) is 65.2 Å². The molecule has 0 saturated carbocycles. The van der Waals surface area contributed by atoms with Gasteiger partial charge in [-0.25, -0.2) is 9.59 Å². The number of carboxylic acids is 4. The van der Waals surface area contributed by atoms with Gasteiger partial charge in [-0.2, -0.15) is 0 Å². The minimum absolute atomic E-state index is 0. The molecule has 0 radical (unpaired) electrons. The molecule has 3 aromatic rings. The molecule has 0 heterocycles. The summed E-state index contributed by atoms with van der Waals surface area (Å²) in [6.07, 6.45) is 0. The van der Waals surface area contributed by atoms with Crippen LogP contribution < -0.4 is 47.9 Å². The topological polar surface area (TPSA) is 155 Å². The summed E-state index contributed by atoms with van der Waals surface area (Å²) in [6.45, 7) is 0. The molecule has 0 aliphatic heterocycles. The van der Waals surface area contributed by atoms with E-state index >= 15 is 0 Å². The Balaban J connectivity index is 0.00000160. The van der Waals surface area contributed by atoms with Crippen molar-refractivity contribution in [2.75, 3.05) is 0 Å². The summed E-state index contributed by atoms with van der Waals surface area (Å²) < 4.78 is 0. The zero-order valence-electron chi connectivity index (χ0n) is 15.8. The maximum atomic E-state index is 12.0. The number of hydrogen-bond donors (Lipinski definition) is 2. The summed E-state index contributed by atoms with van der Waals surface area (Å²) >= 11 is 0. The summed E-state index contributed by atoms with van der Waals surface area (Å²) in [5.74, 6) is -6.92. The molecule has 8 nitrogen and oxygen atoms in total. The van der Waals surface area contributed by atoms with Gasteiger partial charge in [0.05, 0.1) is 23.1 Å². The van der Waals surface area contributed by atoms with Crippen LogP contribution in [0.4, 0.5) is 0 Å². The van der Waals surface area contributed by atoms with Crippen LogP contribution in [-0.4, -0.2) is 34.1 Å². The fourth-order valence-corrected chi connectivity index (χ4v) is 3.87. The molecule has 3 aromatic carbocycles. The first-order chi connectivity index (χ1) is 13.3. The molecular weight excluding hydrogens is 382 g/mol. The van der Waals surface area contributed by atoms with Gasteiger partial charge in [-0.1, -0.05) is 36.4 Å². The third-order valence-electron chi connectivity index (χ3n) is 4.79. The minimum atomic E-state index is -1.99. The average molecular weight is 390 g/mol. The summed E-state index contributed by atoms with van der Waals surface area (Å²) in [5.41, 5.74) is -2.34. The SMILES string of the molecule is O=C([O-])c1cccc2c1-c1c(C(=O)O)c(C(=O)[O-])c(C(=O)O)c3cccc-2c13.[Li+].[Li+]. The molecule has 138 valence electrons. The van der Waals surface area contributed by atoms with E-state index in [0.29, 0.717) is 11.1 Å². The Kier molecular flexibility index (Phi) is 6.22. The third kappa shape index (κ3) is 3.02. The third-order valence-corrected chi connectivity index (χ3v) is 4.79. The van der Waals surface area contributed by atoms with Crippen molar-refractivity contribution in [3.05, 3.63) is 58.7 Å². The van der Waals surface area contributed by atoms with Crippen LogP contribution in [0.5, 0.6) is 0 Å². The Hall–Kier alpha value is -3.01. The second-order valence-corrected chi connectivity index (χ2v) is 6.14. The molecular formula is C20H8Li2O8. The van der Waals surface area contributed by atoms with E-state index in [9.17, 15) is 39.6 Å². The predicted molar refractivity (Wildman–Crippen MR) is 91.0 cm³/mol. The molecule has 0 spiro atoms. The van der Waals surface area contributed by atoms with Gasteiger partial charge in [0.1, 0.15) is 0 Å². The van der Waals surface area contributed by atoms with Crippen molar-refractivity contribution in [3.63, 3.8) is 0 Å². The number of rotatable bonds is 4. The van der Waals surface area contributed by atoms with Gasteiger partial charge in [0.2, 0.25) is 0 Å². The van der Waals surface area contributed by atoms with Gasteiger partial charge in [0.15, 0.2) is 0 Å². The predicted octanol–water partition coefficient (Wildman–Crippen LogP) is -5.38. The van der Waals surface area contributed by atoms with Gasteiger partial charge in [0.25, 0.3) is 0 Å². The van der Waals surface area contributed by atoms with Gasteiger partial charge in [0, 0.05) is 22.3 Å². The molecule has 4 rings (SSSR count). The molecule has 30 heavy (non-hydrogen) atoms. The largest absolute Gasteiger partial charge is 1.00 e. The number of carbonyl (C=O) groups is 4. The van der Waals surface area contributed by atoms with E-state index < -0.39 is 40.6 Å². The van der Waals surface area contributed by atoms with E-state index in [1.165, 1.54) is 24.3 Å². The van der Waals surface area contributed by atoms with Crippen LogP contribution in [0, 0.1) is 0 Å². The second kappa shape index (κ2) is 8.02. The number of hydrogen-bond acceptors (Lipinski definition) is 6. The monoisotopic (exact) mass is 390 g/mol. The normalized spacial score (nSPS) is 10.5. The van der Waals surface area contributed by atoms with Crippen molar-refractivity contribution in [3.8, 4) is 22.3 Å². The van der Waals surface area contributed by atoms with Crippen molar-refractivity contribution < 1.29 is 77.3 Å². The Morgan fingerprint density at radius 1 is 0.667 bits per heavy atom. The molecule has 1 aliphatic carbocycles. The van der Waals surface area contributed by atoms with Gasteiger partial charge in [-0.3, -0.25) is 0 Å². The summed E-state index contributed by atoms with van der Waals surface area (Å²) in [5, 5.41) is 42.8. The van der Waals surface area contributed by atoms with Crippen LogP contribution in [0.3, 0.4) is 0 Å². The van der Waals surface area contributed by atoms with Crippen LogP contribution in [0.2, 0.25) is 0 Å². The summed E-state index contributed by atoms with van der Waals surface area (Å²) in [4.78, 5) is 47.2. The van der Waals surface area contributed by atoms with Crippen molar-refractivity contribution in [2.24, 2.45) is 0 Å². The van der Waals surface area contributed by atoms with Crippen LogP contribution in [0.25, 0.3) is 33.0 Å². The van der Waals surface area contributed by atoms with Crippen LogP contribution in [0.1, 0.15) is 41.4 Å². The fourth-order valence-electron chi connectivity index (χ4n) is 3.87. The standard InChI is InChI=1S/C20H10O8.2Li/c21-17(22)10-6-2-4-8-7-3-1-5-9-11(7)14(12(8)10)16(20(27)28)15(19(25)26)13(9)18(23)24;;/h1-6H,(H,21,22)(H,23,24)(H,25,26)(H,27,28);;/q;2*+1/p-2. The van der Waals surface area contributed by atoms with Crippen molar-refractivity contribution in [1.82, 2.24) is 0 Å². The zero-order chi connectivity index (χ0) is 20.3. The van der Waals surface area contributed by atoms with E-state index in [1.807, 2.05) is 0 Å². The Morgan fingerprint density at radius 3 is 1.77 bits per heavy atom. The average Bonchev–Trinajstić information content (AvgIpc) is 2.96. The number of aromatic carboxylic acids is 4. The Bertz CT molecular complexity index is 1280. The smallest absolute Gasteiger partial charge is 0.545 e. The molecule has 0 bridgehead atoms. The van der Waals surface area contributed by atoms with Gasteiger partial charge in [-0.15, -0.1) is 0 Å². The van der Waals surface area contributed by atoms with Crippen molar-refractivity contribution in [2.45, 2.75) is 0 Å². The van der Waals surface area contributed by atoms with E-state index in [1.54, 1.807) is 12.1 Å². The number of fused-ring (bicyclic) bond motifs is 3. The maximum absolute atomic E-state index is 12.0. The van der Waals surface area contributed by atoms with E-state index in [4.69, 9.17) is 0 Å². The van der Waals surface area contributed by atoms with Crippen molar-refractivity contribution >= 4 is 34.6 Å². The van der Waals surface area contributed by atoms with E-state index in [2.05, 4.69) is 0 Å². The van der Waals surface area contributed by atoms with Crippen LogP contribution in [0.15, 0.2) is 36.4 Å².